The molecule has 0 bridgehead atoms. The van der Waals surface area contributed by atoms with Crippen LogP contribution in [0.25, 0.3) is 0 Å². The van der Waals surface area contributed by atoms with E-state index in [4.69, 9.17) is 4.74 Å². The van der Waals surface area contributed by atoms with E-state index < -0.39 is 6.67 Å². The van der Waals surface area contributed by atoms with Gasteiger partial charge in [-0.05, 0) is 49.9 Å². The first-order valence-electron chi connectivity index (χ1n) is 7.98. The summed E-state index contributed by atoms with van der Waals surface area (Å²) in [6.45, 7) is 3.73. The van der Waals surface area contributed by atoms with Gasteiger partial charge in [0.25, 0.3) is 0 Å². The molecular weight excluding hydrogens is 319 g/mol. The van der Waals surface area contributed by atoms with Crippen LogP contribution in [0.4, 0.5) is 10.1 Å². The molecule has 2 unspecified atom stereocenters. The normalized spacial score (nSPS) is 18.6. The summed E-state index contributed by atoms with van der Waals surface area (Å²) < 4.78 is 17.3. The van der Waals surface area contributed by atoms with E-state index >= 15 is 0 Å². The molecule has 4 nitrogen and oxygen atoms in total. The number of hydrogen-bond donors (Lipinski definition) is 2. The van der Waals surface area contributed by atoms with Crippen molar-refractivity contribution in [1.29, 1.82) is 0 Å². The van der Waals surface area contributed by atoms with Gasteiger partial charge in [0.05, 0.1) is 0 Å². The first kappa shape index (κ1) is 19.7. The molecule has 1 aromatic rings. The number of carbonyl (C=O) groups excluding carboxylic acids is 1. The number of ether oxygens (including phenoxy) is 1. The van der Waals surface area contributed by atoms with Crippen molar-refractivity contribution >= 4 is 24.0 Å². The molecule has 1 aliphatic heterocycles. The summed E-state index contributed by atoms with van der Waals surface area (Å²) in [5.41, 5.74) is 0.690. The van der Waals surface area contributed by atoms with Crippen molar-refractivity contribution in [2.75, 3.05) is 31.7 Å². The highest BCUT2D eigenvalue weighted by molar-refractivity contribution is 5.91. The fourth-order valence-electron chi connectivity index (χ4n) is 2.86. The third-order valence-corrected chi connectivity index (χ3v) is 4.11. The van der Waals surface area contributed by atoms with E-state index in [1.807, 2.05) is 6.07 Å². The van der Waals surface area contributed by atoms with Gasteiger partial charge in [-0.15, -0.1) is 12.4 Å². The maximum Gasteiger partial charge on any atom is 0.224 e. The highest BCUT2D eigenvalue weighted by atomic mass is 35.5. The van der Waals surface area contributed by atoms with Crippen LogP contribution in [0.5, 0.6) is 5.75 Å². The van der Waals surface area contributed by atoms with Gasteiger partial charge in [-0.2, -0.15) is 0 Å². The number of nitrogens with one attached hydrogen (secondary N) is 2. The molecule has 0 spiro atoms. The molecule has 0 radical (unpaired) electrons. The SMILES string of the molecule is CC(CC(=O)Nc1cccc(OCCF)c1)C1CCCNC1.Cl. The van der Waals surface area contributed by atoms with Crippen molar-refractivity contribution < 1.29 is 13.9 Å². The Morgan fingerprint density at radius 3 is 3.04 bits per heavy atom. The van der Waals surface area contributed by atoms with Crippen molar-refractivity contribution in [2.45, 2.75) is 26.2 Å². The monoisotopic (exact) mass is 344 g/mol. The summed E-state index contributed by atoms with van der Waals surface area (Å²) in [4.78, 5) is 12.2. The first-order valence-corrected chi connectivity index (χ1v) is 7.98. The zero-order valence-electron chi connectivity index (χ0n) is 13.5. The van der Waals surface area contributed by atoms with Gasteiger partial charge in [0.1, 0.15) is 19.0 Å². The number of anilines is 1. The summed E-state index contributed by atoms with van der Waals surface area (Å²) in [5, 5.41) is 6.28. The number of benzene rings is 1. The molecule has 2 N–H and O–H groups in total. The topological polar surface area (TPSA) is 50.4 Å². The van der Waals surface area contributed by atoms with E-state index in [1.54, 1.807) is 18.2 Å². The van der Waals surface area contributed by atoms with E-state index in [0.29, 0.717) is 29.7 Å². The standard InChI is InChI=1S/C17H25FN2O2.ClH/c1-13(14-4-3-8-19-12-14)10-17(21)20-15-5-2-6-16(11-15)22-9-7-18;/h2,5-6,11,13-14,19H,3-4,7-10,12H2,1H3,(H,20,21);1H. The van der Waals surface area contributed by atoms with Crippen LogP contribution in [-0.2, 0) is 4.79 Å². The summed E-state index contributed by atoms with van der Waals surface area (Å²) in [7, 11) is 0. The largest absolute Gasteiger partial charge is 0.491 e. The lowest BCUT2D eigenvalue weighted by Gasteiger charge is -2.28. The Morgan fingerprint density at radius 1 is 1.52 bits per heavy atom. The van der Waals surface area contributed by atoms with Gasteiger partial charge in [-0.25, -0.2) is 4.39 Å². The number of carbonyl (C=O) groups is 1. The predicted molar refractivity (Wildman–Crippen MR) is 93.2 cm³/mol. The number of rotatable bonds is 7. The number of amides is 1. The Labute approximate surface area is 143 Å². The fourth-order valence-corrected chi connectivity index (χ4v) is 2.86. The second-order valence-electron chi connectivity index (χ2n) is 5.90. The van der Waals surface area contributed by atoms with Crippen LogP contribution in [-0.4, -0.2) is 32.3 Å². The molecule has 1 aromatic carbocycles. The first-order chi connectivity index (χ1) is 10.7. The Bertz CT molecular complexity index is 481. The molecule has 1 saturated heterocycles. The predicted octanol–water partition coefficient (Wildman–Crippen LogP) is 3.42. The van der Waals surface area contributed by atoms with Gasteiger partial charge in [-0.1, -0.05) is 13.0 Å². The molecular formula is C17H26ClFN2O2. The van der Waals surface area contributed by atoms with Crippen molar-refractivity contribution in [3.05, 3.63) is 24.3 Å². The lowest BCUT2D eigenvalue weighted by atomic mass is 9.85. The molecule has 1 fully saturated rings. The number of alkyl halides is 1. The van der Waals surface area contributed by atoms with Gasteiger partial charge >= 0.3 is 0 Å². The maximum absolute atomic E-state index is 12.2. The minimum atomic E-state index is -0.524. The molecule has 0 saturated carbocycles. The zero-order valence-corrected chi connectivity index (χ0v) is 14.3. The van der Waals surface area contributed by atoms with Gasteiger partial charge in [0.2, 0.25) is 5.91 Å². The van der Waals surface area contributed by atoms with Crippen LogP contribution in [0.2, 0.25) is 0 Å². The molecule has 2 atom stereocenters. The molecule has 2 rings (SSSR count). The number of halogens is 2. The highest BCUT2D eigenvalue weighted by Crippen LogP contribution is 2.23. The molecule has 1 aliphatic rings. The van der Waals surface area contributed by atoms with Gasteiger partial charge < -0.3 is 15.4 Å². The molecule has 1 amide bonds. The Balaban J connectivity index is 0.00000264. The summed E-state index contributed by atoms with van der Waals surface area (Å²) in [5.74, 6) is 1.51. The van der Waals surface area contributed by atoms with Crippen molar-refractivity contribution in [1.82, 2.24) is 5.32 Å². The lowest BCUT2D eigenvalue weighted by Crippen LogP contribution is -2.34. The molecule has 130 valence electrons. The van der Waals surface area contributed by atoms with E-state index in [1.165, 1.54) is 12.8 Å². The van der Waals surface area contributed by atoms with E-state index in [9.17, 15) is 9.18 Å². The third-order valence-electron chi connectivity index (χ3n) is 4.11. The molecule has 0 aliphatic carbocycles. The van der Waals surface area contributed by atoms with Crippen molar-refractivity contribution in [2.24, 2.45) is 11.8 Å². The quantitative estimate of drug-likeness (QED) is 0.796. The minimum Gasteiger partial charge on any atom is -0.491 e. The minimum absolute atomic E-state index is 0. The molecule has 0 aromatic heterocycles. The van der Waals surface area contributed by atoms with Crippen LogP contribution in [0.15, 0.2) is 24.3 Å². The average molecular weight is 345 g/mol. The third kappa shape index (κ3) is 6.75. The van der Waals surface area contributed by atoms with Crippen LogP contribution >= 0.6 is 12.4 Å². The molecule has 1 heterocycles. The maximum atomic E-state index is 12.2. The summed E-state index contributed by atoms with van der Waals surface area (Å²) >= 11 is 0. The molecule has 6 heteroatoms. The Morgan fingerprint density at radius 2 is 2.35 bits per heavy atom. The van der Waals surface area contributed by atoms with Gasteiger partial charge in [0, 0.05) is 18.2 Å². The van der Waals surface area contributed by atoms with Crippen molar-refractivity contribution in [3.8, 4) is 5.75 Å². The zero-order chi connectivity index (χ0) is 15.8. The van der Waals surface area contributed by atoms with Crippen LogP contribution < -0.4 is 15.4 Å². The second-order valence-corrected chi connectivity index (χ2v) is 5.90. The van der Waals surface area contributed by atoms with Gasteiger partial charge in [0.15, 0.2) is 0 Å². The highest BCUT2D eigenvalue weighted by Gasteiger charge is 2.22. The summed E-state index contributed by atoms with van der Waals surface area (Å²) in [6, 6.07) is 7.08. The lowest BCUT2D eigenvalue weighted by molar-refractivity contribution is -0.117. The Hall–Kier alpha value is -1.33. The van der Waals surface area contributed by atoms with Crippen LogP contribution in [0.1, 0.15) is 26.2 Å². The van der Waals surface area contributed by atoms with Crippen LogP contribution in [0, 0.1) is 11.8 Å². The molecule has 23 heavy (non-hydrogen) atoms. The van der Waals surface area contributed by atoms with E-state index in [0.717, 1.165) is 13.1 Å². The van der Waals surface area contributed by atoms with Gasteiger partial charge in [-0.3, -0.25) is 4.79 Å². The Kier molecular flexibility index (Phi) is 8.95. The number of hydrogen-bond acceptors (Lipinski definition) is 3. The van der Waals surface area contributed by atoms with E-state index in [2.05, 4.69) is 17.6 Å². The summed E-state index contributed by atoms with van der Waals surface area (Å²) in [6.07, 6.45) is 2.89. The smallest absolute Gasteiger partial charge is 0.224 e. The average Bonchev–Trinajstić information content (AvgIpc) is 2.54. The van der Waals surface area contributed by atoms with Crippen LogP contribution in [0.3, 0.4) is 0 Å². The van der Waals surface area contributed by atoms with E-state index in [-0.39, 0.29) is 24.9 Å². The number of piperidine rings is 1. The fraction of sp³-hybridized carbons (Fsp3) is 0.588. The van der Waals surface area contributed by atoms with Crippen molar-refractivity contribution in [3.63, 3.8) is 0 Å². The second kappa shape index (κ2) is 10.4.